The van der Waals surface area contributed by atoms with Crippen molar-refractivity contribution in [2.75, 3.05) is 19.5 Å². The van der Waals surface area contributed by atoms with Gasteiger partial charge in [0.2, 0.25) is 11.6 Å². The van der Waals surface area contributed by atoms with E-state index >= 15 is 4.39 Å². The number of halogens is 2. The van der Waals surface area contributed by atoms with Crippen molar-refractivity contribution < 1.29 is 32.6 Å². The molecule has 4 N–H and O–H groups in total. The molecule has 172 valence electrons. The van der Waals surface area contributed by atoms with Gasteiger partial charge < -0.3 is 30.6 Å². The molecule has 1 saturated carbocycles. The number of anilines is 1. The van der Waals surface area contributed by atoms with Gasteiger partial charge in [-0.15, -0.1) is 0 Å². The molecule has 0 aliphatic heterocycles. The third-order valence-electron chi connectivity index (χ3n) is 5.00. The van der Waals surface area contributed by atoms with Crippen molar-refractivity contribution in [3.63, 3.8) is 0 Å². The number of methoxy groups -OCH3 is 2. The lowest BCUT2D eigenvalue weighted by atomic mass is 10.1. The van der Waals surface area contributed by atoms with E-state index in [0.29, 0.717) is 5.52 Å². The SMILES string of the molecule is COc1cc2nccc(Oc3c(F)cc(NC(=O)NC4CC4)c(OC)c3F)c2cc1C(N)=O. The highest BCUT2D eigenvalue weighted by atomic mass is 19.1. The third-order valence-corrected chi connectivity index (χ3v) is 5.00. The molecule has 3 amide bonds. The van der Waals surface area contributed by atoms with Crippen LogP contribution >= 0.6 is 0 Å². The number of aromatic nitrogens is 1. The summed E-state index contributed by atoms with van der Waals surface area (Å²) in [6.45, 7) is 0. The summed E-state index contributed by atoms with van der Waals surface area (Å²) in [7, 11) is 2.54. The van der Waals surface area contributed by atoms with Crippen LogP contribution in [0.2, 0.25) is 0 Å². The van der Waals surface area contributed by atoms with Crippen LogP contribution in [0.5, 0.6) is 23.0 Å². The molecular weight excluding hydrogens is 438 g/mol. The lowest BCUT2D eigenvalue weighted by molar-refractivity contribution is 0.0997. The standard InChI is InChI=1S/C22H20F2N4O5/c1-31-17-9-14-11(7-12(17)21(25)29)16(5-6-26-14)33-19-13(23)8-15(20(32-2)18(19)24)28-22(30)27-10-3-4-10/h5-10H,3-4H2,1-2H3,(H2,25,29)(H2,27,28,30). The summed E-state index contributed by atoms with van der Waals surface area (Å²) in [5, 5.41) is 5.31. The fourth-order valence-corrected chi connectivity index (χ4v) is 3.25. The van der Waals surface area contributed by atoms with Crippen molar-refractivity contribution in [3.05, 3.63) is 47.7 Å². The van der Waals surface area contributed by atoms with Crippen LogP contribution in [-0.4, -0.2) is 37.2 Å². The Bertz CT molecular complexity index is 1260. The lowest BCUT2D eigenvalue weighted by Gasteiger charge is -2.16. The van der Waals surface area contributed by atoms with Crippen LogP contribution < -0.4 is 30.6 Å². The van der Waals surface area contributed by atoms with E-state index in [9.17, 15) is 14.0 Å². The number of urea groups is 1. The third kappa shape index (κ3) is 4.43. The smallest absolute Gasteiger partial charge is 0.319 e. The molecule has 0 radical (unpaired) electrons. The van der Waals surface area contributed by atoms with Crippen LogP contribution in [-0.2, 0) is 0 Å². The Morgan fingerprint density at radius 2 is 1.85 bits per heavy atom. The van der Waals surface area contributed by atoms with Gasteiger partial charge in [0.15, 0.2) is 11.6 Å². The number of hydrogen-bond donors (Lipinski definition) is 3. The number of pyridine rings is 1. The predicted octanol–water partition coefficient (Wildman–Crippen LogP) is 3.71. The zero-order valence-corrected chi connectivity index (χ0v) is 17.7. The van der Waals surface area contributed by atoms with Crippen molar-refractivity contribution in [2.24, 2.45) is 5.73 Å². The summed E-state index contributed by atoms with van der Waals surface area (Å²) in [5.41, 5.74) is 5.60. The molecule has 0 unspecified atom stereocenters. The van der Waals surface area contributed by atoms with Gasteiger partial charge in [-0.1, -0.05) is 0 Å². The fraction of sp³-hybridized carbons (Fsp3) is 0.227. The van der Waals surface area contributed by atoms with Gasteiger partial charge in [-0.3, -0.25) is 9.78 Å². The summed E-state index contributed by atoms with van der Waals surface area (Å²) in [6, 6.07) is 4.55. The average Bonchev–Trinajstić information content (AvgIpc) is 3.59. The lowest BCUT2D eigenvalue weighted by Crippen LogP contribution is -2.30. The van der Waals surface area contributed by atoms with Crippen LogP contribution in [0.15, 0.2) is 30.5 Å². The zero-order valence-electron chi connectivity index (χ0n) is 17.7. The molecule has 1 aliphatic rings. The largest absolute Gasteiger partial charge is 0.496 e. The molecule has 1 aliphatic carbocycles. The molecule has 0 spiro atoms. The monoisotopic (exact) mass is 458 g/mol. The molecule has 9 nitrogen and oxygen atoms in total. The maximum absolute atomic E-state index is 15.2. The maximum atomic E-state index is 15.2. The molecule has 1 aromatic heterocycles. The van der Waals surface area contributed by atoms with Crippen LogP contribution in [0.1, 0.15) is 23.2 Å². The van der Waals surface area contributed by atoms with Crippen molar-refractivity contribution in [3.8, 4) is 23.0 Å². The molecule has 1 heterocycles. The number of nitrogens with one attached hydrogen (secondary N) is 2. The maximum Gasteiger partial charge on any atom is 0.319 e. The number of nitrogens with two attached hydrogens (primary N) is 1. The van der Waals surface area contributed by atoms with Gasteiger partial charge in [-0.2, -0.15) is 4.39 Å². The van der Waals surface area contributed by atoms with Gasteiger partial charge in [-0.25, -0.2) is 9.18 Å². The normalized spacial score (nSPS) is 12.8. The van der Waals surface area contributed by atoms with E-state index in [2.05, 4.69) is 15.6 Å². The Kier molecular flexibility index (Phi) is 5.86. The first-order valence-electron chi connectivity index (χ1n) is 9.90. The quantitative estimate of drug-likeness (QED) is 0.496. The van der Waals surface area contributed by atoms with Gasteiger partial charge in [0.05, 0.1) is 31.0 Å². The van der Waals surface area contributed by atoms with Crippen molar-refractivity contribution >= 4 is 28.5 Å². The van der Waals surface area contributed by atoms with E-state index in [0.717, 1.165) is 18.9 Å². The summed E-state index contributed by atoms with van der Waals surface area (Å²) >= 11 is 0. The number of ether oxygens (including phenoxy) is 3. The Labute approximate surface area is 186 Å². The molecule has 2 aromatic carbocycles. The highest BCUT2D eigenvalue weighted by Gasteiger charge is 2.26. The number of hydrogen-bond acceptors (Lipinski definition) is 6. The Hall–Kier alpha value is -4.15. The van der Waals surface area contributed by atoms with E-state index in [1.165, 1.54) is 38.6 Å². The topological polar surface area (TPSA) is 125 Å². The second-order valence-corrected chi connectivity index (χ2v) is 7.30. The van der Waals surface area contributed by atoms with E-state index in [1.807, 2.05) is 0 Å². The number of carbonyl (C=O) groups excluding carboxylic acids is 2. The molecule has 33 heavy (non-hydrogen) atoms. The molecule has 3 aromatic rings. The van der Waals surface area contributed by atoms with Gasteiger partial charge in [0, 0.05) is 29.8 Å². The molecule has 0 bridgehead atoms. The minimum absolute atomic E-state index is 0.0113. The molecule has 0 atom stereocenters. The van der Waals surface area contributed by atoms with E-state index in [1.54, 1.807) is 0 Å². The van der Waals surface area contributed by atoms with E-state index < -0.39 is 35.1 Å². The highest BCUT2D eigenvalue weighted by molar-refractivity contribution is 6.01. The number of fused-ring (bicyclic) bond motifs is 1. The van der Waals surface area contributed by atoms with Gasteiger partial charge in [-0.05, 0) is 25.0 Å². The zero-order chi connectivity index (χ0) is 23.7. The first-order valence-corrected chi connectivity index (χ1v) is 9.90. The number of nitrogens with zero attached hydrogens (tertiary/aromatic N) is 1. The Balaban J connectivity index is 1.73. The Morgan fingerprint density at radius 1 is 1.09 bits per heavy atom. The van der Waals surface area contributed by atoms with Crippen LogP contribution in [0.4, 0.5) is 19.3 Å². The van der Waals surface area contributed by atoms with Gasteiger partial charge in [0.1, 0.15) is 11.5 Å². The summed E-state index contributed by atoms with van der Waals surface area (Å²) in [5.74, 6) is -3.96. The molecule has 11 heteroatoms. The minimum Gasteiger partial charge on any atom is -0.496 e. The van der Waals surface area contributed by atoms with Crippen LogP contribution in [0.3, 0.4) is 0 Å². The van der Waals surface area contributed by atoms with Gasteiger partial charge in [0.25, 0.3) is 5.91 Å². The molecule has 4 rings (SSSR count). The van der Waals surface area contributed by atoms with Gasteiger partial charge >= 0.3 is 6.03 Å². The van der Waals surface area contributed by atoms with E-state index in [4.69, 9.17) is 19.9 Å². The highest BCUT2D eigenvalue weighted by Crippen LogP contribution is 2.40. The summed E-state index contributed by atoms with van der Waals surface area (Å²) in [4.78, 5) is 28.0. The van der Waals surface area contributed by atoms with Crippen molar-refractivity contribution in [1.82, 2.24) is 10.3 Å². The molecule has 1 fully saturated rings. The van der Waals surface area contributed by atoms with Crippen LogP contribution in [0.25, 0.3) is 10.9 Å². The first-order chi connectivity index (χ1) is 15.8. The number of benzene rings is 2. The van der Waals surface area contributed by atoms with Crippen LogP contribution in [0, 0.1) is 11.6 Å². The summed E-state index contributed by atoms with van der Waals surface area (Å²) in [6.07, 6.45) is 3.07. The van der Waals surface area contributed by atoms with E-state index in [-0.39, 0.29) is 34.2 Å². The number of rotatable bonds is 7. The molecule has 0 saturated heterocycles. The van der Waals surface area contributed by atoms with Crippen molar-refractivity contribution in [1.29, 1.82) is 0 Å². The summed E-state index contributed by atoms with van der Waals surface area (Å²) < 4.78 is 45.8. The minimum atomic E-state index is -1.16. The number of primary amides is 1. The second-order valence-electron chi connectivity index (χ2n) is 7.30. The predicted molar refractivity (Wildman–Crippen MR) is 115 cm³/mol. The number of carbonyl (C=O) groups is 2. The Morgan fingerprint density at radius 3 is 2.48 bits per heavy atom. The average molecular weight is 458 g/mol. The fourth-order valence-electron chi connectivity index (χ4n) is 3.25. The molecular formula is C22H20F2N4O5. The first kappa shape index (κ1) is 22.1. The second kappa shape index (κ2) is 8.77. The number of amides is 3. The van der Waals surface area contributed by atoms with Crippen molar-refractivity contribution in [2.45, 2.75) is 18.9 Å².